The van der Waals surface area contributed by atoms with E-state index in [-0.39, 0.29) is 17.7 Å². The normalized spacial score (nSPS) is 24.2. The van der Waals surface area contributed by atoms with E-state index in [2.05, 4.69) is 4.90 Å². The molecule has 3 N–H and O–H groups in total. The second-order valence-corrected chi connectivity index (χ2v) is 7.41. The van der Waals surface area contributed by atoms with E-state index in [1.807, 2.05) is 29.2 Å². The Morgan fingerprint density at radius 3 is 2.68 bits per heavy atom. The van der Waals surface area contributed by atoms with Gasteiger partial charge in [-0.05, 0) is 31.0 Å². The molecule has 0 spiro atoms. The third kappa shape index (κ3) is 4.64. The van der Waals surface area contributed by atoms with Crippen LogP contribution in [0.2, 0.25) is 5.02 Å². The highest BCUT2D eigenvalue weighted by Gasteiger charge is 2.30. The van der Waals surface area contributed by atoms with Crippen LogP contribution >= 0.6 is 11.6 Å². The number of halogens is 1. The molecule has 0 saturated carbocycles. The summed E-state index contributed by atoms with van der Waals surface area (Å²) in [4.78, 5) is 29.3. The molecule has 25 heavy (non-hydrogen) atoms. The molecule has 3 rings (SSSR count). The molecule has 6 nitrogen and oxygen atoms in total. The highest BCUT2D eigenvalue weighted by atomic mass is 35.5. The van der Waals surface area contributed by atoms with Crippen LogP contribution in [0.25, 0.3) is 0 Å². The molecule has 2 heterocycles. The fourth-order valence-electron chi connectivity index (χ4n) is 3.77. The van der Waals surface area contributed by atoms with Crippen molar-refractivity contribution in [3.05, 3.63) is 29.3 Å². The number of anilines is 1. The predicted molar refractivity (Wildman–Crippen MR) is 97.7 cm³/mol. The van der Waals surface area contributed by atoms with E-state index in [1.54, 1.807) is 0 Å². The Hall–Kier alpha value is -1.79. The zero-order valence-electron chi connectivity index (χ0n) is 14.4. The molecule has 1 aromatic carbocycles. The maximum atomic E-state index is 12.6. The van der Waals surface area contributed by atoms with Gasteiger partial charge in [0.15, 0.2) is 6.54 Å². The first kappa shape index (κ1) is 18.0. The fraction of sp³-hybridized carbons (Fsp3) is 0.556. The van der Waals surface area contributed by atoms with Crippen molar-refractivity contribution in [3.8, 4) is 0 Å². The Balaban J connectivity index is 1.49. The summed E-state index contributed by atoms with van der Waals surface area (Å²) >= 11 is 6.06. The van der Waals surface area contributed by atoms with Crippen molar-refractivity contribution < 1.29 is 14.5 Å². The van der Waals surface area contributed by atoms with Crippen molar-refractivity contribution in [2.24, 2.45) is 11.7 Å². The first-order chi connectivity index (χ1) is 12.0. The van der Waals surface area contributed by atoms with Crippen molar-refractivity contribution in [2.45, 2.75) is 12.8 Å². The highest BCUT2D eigenvalue weighted by Crippen LogP contribution is 2.20. The highest BCUT2D eigenvalue weighted by molar-refractivity contribution is 6.30. The maximum Gasteiger partial charge on any atom is 0.277 e. The molecule has 2 saturated heterocycles. The third-order valence-corrected chi connectivity index (χ3v) is 5.46. The van der Waals surface area contributed by atoms with Crippen LogP contribution < -0.4 is 15.5 Å². The van der Waals surface area contributed by atoms with E-state index in [0.29, 0.717) is 13.1 Å². The van der Waals surface area contributed by atoms with E-state index in [0.717, 1.165) is 56.3 Å². The fourth-order valence-corrected chi connectivity index (χ4v) is 3.95. The van der Waals surface area contributed by atoms with E-state index >= 15 is 0 Å². The SMILES string of the molecule is NC(=O)[C@@H]1CCC[NH+](CC(=O)N2CCN(c3cccc(Cl)c3)CC2)C1. The molecule has 0 radical (unpaired) electrons. The Morgan fingerprint density at radius 2 is 2.00 bits per heavy atom. The van der Waals surface area contributed by atoms with Gasteiger partial charge in [0.25, 0.3) is 5.91 Å². The van der Waals surface area contributed by atoms with Crippen LogP contribution in [0.15, 0.2) is 24.3 Å². The molecule has 2 aliphatic rings. The summed E-state index contributed by atoms with van der Waals surface area (Å²) in [6, 6.07) is 7.82. The Bertz CT molecular complexity index is 631. The molecule has 0 bridgehead atoms. The van der Waals surface area contributed by atoms with E-state index in [9.17, 15) is 9.59 Å². The van der Waals surface area contributed by atoms with Crippen LogP contribution in [0.3, 0.4) is 0 Å². The van der Waals surface area contributed by atoms with Gasteiger partial charge in [0.2, 0.25) is 5.91 Å². The minimum atomic E-state index is -0.236. The van der Waals surface area contributed by atoms with Crippen LogP contribution in [0, 0.1) is 5.92 Å². The van der Waals surface area contributed by atoms with Crippen molar-refractivity contribution in [3.63, 3.8) is 0 Å². The lowest BCUT2D eigenvalue weighted by molar-refractivity contribution is -0.899. The predicted octanol–water partition coefficient (Wildman–Crippen LogP) is -0.231. The molecule has 0 aromatic heterocycles. The number of hydrogen-bond acceptors (Lipinski definition) is 3. The number of carbonyl (C=O) groups is 2. The molecule has 2 aliphatic heterocycles. The van der Waals surface area contributed by atoms with Gasteiger partial charge in [-0.1, -0.05) is 17.7 Å². The first-order valence-corrected chi connectivity index (χ1v) is 9.32. The second-order valence-electron chi connectivity index (χ2n) is 6.97. The zero-order chi connectivity index (χ0) is 17.8. The maximum absolute atomic E-state index is 12.6. The largest absolute Gasteiger partial charge is 0.369 e. The Morgan fingerprint density at radius 1 is 1.24 bits per heavy atom. The monoisotopic (exact) mass is 365 g/mol. The molecule has 0 aliphatic carbocycles. The lowest BCUT2D eigenvalue weighted by Crippen LogP contribution is -3.15. The van der Waals surface area contributed by atoms with Crippen molar-refractivity contribution in [1.29, 1.82) is 0 Å². The molecule has 2 atom stereocenters. The van der Waals surface area contributed by atoms with E-state index < -0.39 is 0 Å². The number of benzene rings is 1. The van der Waals surface area contributed by atoms with Gasteiger partial charge in [-0.2, -0.15) is 0 Å². The number of amides is 2. The second kappa shape index (κ2) is 8.06. The number of rotatable bonds is 4. The Kier molecular flexibility index (Phi) is 5.81. The summed E-state index contributed by atoms with van der Waals surface area (Å²) in [6.45, 7) is 5.15. The van der Waals surface area contributed by atoms with Crippen LogP contribution in [-0.2, 0) is 9.59 Å². The summed E-state index contributed by atoms with van der Waals surface area (Å²) in [5, 5.41) is 0.730. The van der Waals surface area contributed by atoms with Crippen LogP contribution in [0.1, 0.15) is 12.8 Å². The lowest BCUT2D eigenvalue weighted by Gasteiger charge is -2.37. The lowest BCUT2D eigenvalue weighted by atomic mass is 9.97. The van der Waals surface area contributed by atoms with Gasteiger partial charge in [0, 0.05) is 36.9 Å². The van der Waals surface area contributed by atoms with Gasteiger partial charge in [0.05, 0.1) is 19.0 Å². The van der Waals surface area contributed by atoms with Crippen molar-refractivity contribution in [2.75, 3.05) is 50.7 Å². The number of hydrogen-bond donors (Lipinski definition) is 2. The summed E-state index contributed by atoms with van der Waals surface area (Å²) in [6.07, 6.45) is 1.81. The van der Waals surface area contributed by atoms with E-state index in [1.165, 1.54) is 4.90 Å². The summed E-state index contributed by atoms with van der Waals surface area (Å²) in [7, 11) is 0. The number of carbonyl (C=O) groups excluding carboxylic acids is 2. The van der Waals surface area contributed by atoms with Gasteiger partial charge in [-0.15, -0.1) is 0 Å². The number of nitrogens with zero attached hydrogens (tertiary/aromatic N) is 2. The van der Waals surface area contributed by atoms with Crippen molar-refractivity contribution in [1.82, 2.24) is 4.90 Å². The van der Waals surface area contributed by atoms with Crippen LogP contribution in [-0.4, -0.2) is 62.5 Å². The minimum absolute atomic E-state index is 0.0868. The number of nitrogens with one attached hydrogen (secondary N) is 1. The minimum Gasteiger partial charge on any atom is -0.369 e. The topological polar surface area (TPSA) is 71.1 Å². The van der Waals surface area contributed by atoms with E-state index in [4.69, 9.17) is 17.3 Å². The number of nitrogens with two attached hydrogens (primary N) is 1. The summed E-state index contributed by atoms with van der Waals surface area (Å²) < 4.78 is 0. The van der Waals surface area contributed by atoms with Gasteiger partial charge >= 0.3 is 0 Å². The molecular formula is C18H26ClN4O2+. The first-order valence-electron chi connectivity index (χ1n) is 8.94. The van der Waals surface area contributed by atoms with Gasteiger partial charge in [0.1, 0.15) is 0 Å². The standard InChI is InChI=1S/C18H25ClN4O2/c19-15-4-1-5-16(11-15)22-7-9-23(10-8-22)17(24)13-21-6-2-3-14(12-21)18(20)25/h1,4-5,11,14H,2-3,6-10,12-13H2,(H2,20,25)/p+1/t14-/m1/s1. The molecule has 1 aromatic rings. The average Bonchev–Trinajstić information content (AvgIpc) is 2.62. The molecule has 2 amide bonds. The number of quaternary nitrogens is 1. The molecular weight excluding hydrogens is 340 g/mol. The van der Waals surface area contributed by atoms with Gasteiger partial charge in [-0.3, -0.25) is 9.59 Å². The summed E-state index contributed by atoms with van der Waals surface area (Å²) in [5.41, 5.74) is 6.52. The average molecular weight is 366 g/mol. The zero-order valence-corrected chi connectivity index (χ0v) is 15.2. The van der Waals surface area contributed by atoms with Gasteiger partial charge < -0.3 is 20.4 Å². The molecule has 1 unspecified atom stereocenters. The summed E-state index contributed by atoms with van der Waals surface area (Å²) in [5.74, 6) is -0.151. The third-order valence-electron chi connectivity index (χ3n) is 5.23. The number of likely N-dealkylation sites (tertiary alicyclic amines) is 1. The molecule has 7 heteroatoms. The molecule has 136 valence electrons. The van der Waals surface area contributed by atoms with Crippen LogP contribution in [0.4, 0.5) is 5.69 Å². The Labute approximate surface area is 153 Å². The number of primary amides is 1. The number of piperazine rings is 1. The van der Waals surface area contributed by atoms with Crippen LogP contribution in [0.5, 0.6) is 0 Å². The van der Waals surface area contributed by atoms with Gasteiger partial charge in [-0.25, -0.2) is 0 Å². The quantitative estimate of drug-likeness (QED) is 0.774. The molecule has 2 fully saturated rings. The number of piperidine rings is 1. The smallest absolute Gasteiger partial charge is 0.277 e. The van der Waals surface area contributed by atoms with Crippen molar-refractivity contribution >= 4 is 29.1 Å².